The summed E-state index contributed by atoms with van der Waals surface area (Å²) in [5.74, 6) is 1.10. The molecule has 1 fully saturated rings. The van der Waals surface area contributed by atoms with Crippen LogP contribution in [0.5, 0.6) is 5.75 Å². The Morgan fingerprint density at radius 3 is 2.57 bits per heavy atom. The van der Waals surface area contributed by atoms with Gasteiger partial charge in [0, 0.05) is 24.2 Å². The van der Waals surface area contributed by atoms with Crippen LogP contribution in [0.1, 0.15) is 51.2 Å². The normalized spacial score (nSPS) is 21.8. The van der Waals surface area contributed by atoms with Gasteiger partial charge in [-0.05, 0) is 70.2 Å². The number of rotatable bonds is 1. The molecular formula is C18H27N3O2. The summed E-state index contributed by atoms with van der Waals surface area (Å²) in [6.07, 6.45) is 4.17. The molecule has 2 aliphatic heterocycles. The molecule has 5 nitrogen and oxygen atoms in total. The van der Waals surface area contributed by atoms with Crippen LogP contribution in [0, 0.1) is 0 Å². The van der Waals surface area contributed by atoms with Gasteiger partial charge in [0.25, 0.3) is 0 Å². The third-order valence-electron chi connectivity index (χ3n) is 5.26. The van der Waals surface area contributed by atoms with Gasteiger partial charge in [-0.1, -0.05) is 5.16 Å². The van der Waals surface area contributed by atoms with Crippen molar-refractivity contribution in [3.8, 4) is 5.75 Å². The highest BCUT2D eigenvalue weighted by molar-refractivity contribution is 5.97. The smallest absolute Gasteiger partial charge is 0.170 e. The van der Waals surface area contributed by atoms with Gasteiger partial charge in [0.2, 0.25) is 0 Å². The molecule has 0 amide bonds. The molecule has 3 rings (SSSR count). The molecule has 1 aromatic carbocycles. The number of fused-ring (bicyclic) bond motifs is 1. The van der Waals surface area contributed by atoms with Crippen molar-refractivity contribution in [3.63, 3.8) is 0 Å². The quantitative estimate of drug-likeness (QED) is 0.362. The van der Waals surface area contributed by atoms with Crippen LogP contribution >= 0.6 is 0 Å². The number of aryl methyl sites for hydroxylation is 1. The summed E-state index contributed by atoms with van der Waals surface area (Å²) in [6.45, 7) is 8.99. The first-order valence-corrected chi connectivity index (χ1v) is 8.38. The Labute approximate surface area is 138 Å². The SMILES string of the molecule is CC(C)(C)N1CCC2(CCc3cc(C(N)=NO)ccc3O2)CC1. The number of benzene rings is 1. The van der Waals surface area contributed by atoms with Crippen LogP contribution in [-0.2, 0) is 6.42 Å². The molecule has 0 unspecified atom stereocenters. The molecule has 1 saturated heterocycles. The van der Waals surface area contributed by atoms with Crippen LogP contribution in [-0.4, -0.2) is 40.2 Å². The Morgan fingerprint density at radius 1 is 1.26 bits per heavy atom. The van der Waals surface area contributed by atoms with E-state index in [2.05, 4.69) is 30.8 Å². The van der Waals surface area contributed by atoms with Gasteiger partial charge in [0.15, 0.2) is 5.84 Å². The number of likely N-dealkylation sites (tertiary alicyclic amines) is 1. The van der Waals surface area contributed by atoms with Crippen molar-refractivity contribution in [2.75, 3.05) is 13.1 Å². The Morgan fingerprint density at radius 2 is 1.96 bits per heavy atom. The fourth-order valence-corrected chi connectivity index (χ4v) is 3.68. The molecule has 2 heterocycles. The molecule has 23 heavy (non-hydrogen) atoms. The first-order valence-electron chi connectivity index (χ1n) is 8.38. The summed E-state index contributed by atoms with van der Waals surface area (Å²) in [7, 11) is 0. The number of nitrogens with zero attached hydrogens (tertiary/aromatic N) is 2. The van der Waals surface area contributed by atoms with Crippen molar-refractivity contribution >= 4 is 5.84 Å². The minimum absolute atomic E-state index is 0.0210. The maximum absolute atomic E-state index is 8.81. The van der Waals surface area contributed by atoms with E-state index in [-0.39, 0.29) is 17.0 Å². The van der Waals surface area contributed by atoms with Crippen molar-refractivity contribution in [1.29, 1.82) is 0 Å². The molecule has 3 N–H and O–H groups in total. The van der Waals surface area contributed by atoms with Gasteiger partial charge in [0.1, 0.15) is 11.4 Å². The van der Waals surface area contributed by atoms with E-state index in [4.69, 9.17) is 15.7 Å². The molecule has 0 aliphatic carbocycles. The van der Waals surface area contributed by atoms with Crippen molar-refractivity contribution in [1.82, 2.24) is 4.90 Å². The molecule has 0 saturated carbocycles. The zero-order valence-corrected chi connectivity index (χ0v) is 14.3. The van der Waals surface area contributed by atoms with Gasteiger partial charge >= 0.3 is 0 Å². The first-order chi connectivity index (χ1) is 10.8. The molecule has 1 aromatic rings. The summed E-state index contributed by atoms with van der Waals surface area (Å²) in [6, 6.07) is 5.79. The summed E-state index contributed by atoms with van der Waals surface area (Å²) < 4.78 is 6.42. The van der Waals surface area contributed by atoms with Gasteiger partial charge in [-0.3, -0.25) is 4.90 Å². The lowest BCUT2D eigenvalue weighted by atomic mass is 9.81. The third-order valence-corrected chi connectivity index (χ3v) is 5.26. The molecule has 1 spiro atoms. The van der Waals surface area contributed by atoms with Crippen LogP contribution < -0.4 is 10.5 Å². The van der Waals surface area contributed by atoms with Gasteiger partial charge in [-0.15, -0.1) is 0 Å². The third kappa shape index (κ3) is 3.15. The second-order valence-corrected chi connectivity index (χ2v) is 7.75. The number of oxime groups is 1. The predicted octanol–water partition coefficient (Wildman–Crippen LogP) is 2.74. The van der Waals surface area contributed by atoms with E-state index >= 15 is 0 Å². The molecule has 126 valence electrons. The van der Waals surface area contributed by atoms with Gasteiger partial charge in [0.05, 0.1) is 0 Å². The number of amidine groups is 1. The number of ether oxygens (including phenoxy) is 1. The summed E-state index contributed by atoms with van der Waals surface area (Å²) in [5.41, 5.74) is 7.77. The van der Waals surface area contributed by atoms with E-state index in [9.17, 15) is 0 Å². The van der Waals surface area contributed by atoms with Crippen LogP contribution in [0.4, 0.5) is 0 Å². The average molecular weight is 317 g/mol. The van der Waals surface area contributed by atoms with Gasteiger partial charge < -0.3 is 15.7 Å². The molecule has 0 bridgehead atoms. The van der Waals surface area contributed by atoms with E-state index in [1.807, 2.05) is 18.2 Å². The maximum atomic E-state index is 8.81. The minimum atomic E-state index is -0.0210. The molecule has 5 heteroatoms. The number of hydrogen-bond donors (Lipinski definition) is 2. The van der Waals surface area contributed by atoms with Crippen LogP contribution in [0.2, 0.25) is 0 Å². The molecular weight excluding hydrogens is 290 g/mol. The lowest BCUT2D eigenvalue weighted by molar-refractivity contribution is -0.0355. The minimum Gasteiger partial charge on any atom is -0.487 e. The highest BCUT2D eigenvalue weighted by Gasteiger charge is 2.41. The van der Waals surface area contributed by atoms with Gasteiger partial charge in [-0.25, -0.2) is 0 Å². The van der Waals surface area contributed by atoms with E-state index in [1.165, 1.54) is 0 Å². The fourth-order valence-electron chi connectivity index (χ4n) is 3.68. The molecule has 2 aliphatic rings. The van der Waals surface area contributed by atoms with Crippen LogP contribution in [0.3, 0.4) is 0 Å². The number of nitrogens with two attached hydrogens (primary N) is 1. The highest BCUT2D eigenvalue weighted by Crippen LogP contribution is 2.40. The fraction of sp³-hybridized carbons (Fsp3) is 0.611. The topological polar surface area (TPSA) is 71.1 Å². The highest BCUT2D eigenvalue weighted by atomic mass is 16.5. The van der Waals surface area contributed by atoms with Crippen molar-refractivity contribution in [2.24, 2.45) is 10.9 Å². The summed E-state index contributed by atoms with van der Waals surface area (Å²) >= 11 is 0. The lowest BCUT2D eigenvalue weighted by Gasteiger charge is -2.48. The van der Waals surface area contributed by atoms with E-state index in [0.29, 0.717) is 0 Å². The standard InChI is InChI=1S/C18H27N3O2/c1-17(2,3)21-10-8-18(9-11-21)7-6-13-12-14(16(19)20-22)4-5-15(13)23-18/h4-5,12,22H,6-11H2,1-3H3,(H2,19,20). The summed E-state index contributed by atoms with van der Waals surface area (Å²) in [5, 5.41) is 11.9. The number of hydrogen-bond acceptors (Lipinski definition) is 4. The van der Waals surface area contributed by atoms with Crippen molar-refractivity contribution in [3.05, 3.63) is 29.3 Å². The molecule has 0 atom stereocenters. The summed E-state index contributed by atoms with van der Waals surface area (Å²) in [4.78, 5) is 2.54. The zero-order chi connectivity index (χ0) is 16.7. The average Bonchev–Trinajstić information content (AvgIpc) is 2.53. The Balaban J connectivity index is 1.74. The first kappa shape index (κ1) is 16.1. The van der Waals surface area contributed by atoms with Crippen molar-refractivity contribution < 1.29 is 9.94 Å². The van der Waals surface area contributed by atoms with E-state index in [1.54, 1.807) is 0 Å². The largest absolute Gasteiger partial charge is 0.487 e. The molecule has 0 radical (unpaired) electrons. The maximum Gasteiger partial charge on any atom is 0.170 e. The number of piperidine rings is 1. The van der Waals surface area contributed by atoms with Crippen molar-refractivity contribution in [2.45, 2.75) is 57.6 Å². The van der Waals surface area contributed by atoms with E-state index < -0.39 is 0 Å². The monoisotopic (exact) mass is 317 g/mol. The zero-order valence-electron chi connectivity index (χ0n) is 14.3. The Hall–Kier alpha value is -1.75. The van der Waals surface area contributed by atoms with Crippen LogP contribution in [0.25, 0.3) is 0 Å². The Bertz CT molecular complexity index is 611. The van der Waals surface area contributed by atoms with E-state index in [0.717, 1.165) is 55.6 Å². The van der Waals surface area contributed by atoms with Gasteiger partial charge in [-0.2, -0.15) is 0 Å². The van der Waals surface area contributed by atoms with Crippen LogP contribution in [0.15, 0.2) is 23.4 Å². The lowest BCUT2D eigenvalue weighted by Crippen LogP contribution is -2.54. The predicted molar refractivity (Wildman–Crippen MR) is 91.2 cm³/mol. The Kier molecular flexibility index (Phi) is 4.00. The molecule has 0 aromatic heterocycles. The second kappa shape index (κ2) is 5.71. The second-order valence-electron chi connectivity index (χ2n) is 7.75.